The highest BCUT2D eigenvalue weighted by Gasteiger charge is 2.19. The molecule has 0 fully saturated rings. The van der Waals surface area contributed by atoms with E-state index in [4.69, 9.17) is 9.15 Å². The molecule has 0 unspecified atom stereocenters. The minimum atomic E-state index is -0.549. The SMILES string of the molecule is COc1cn(-c2ccccc2)nc1C(=O)Nc1ccc2oc(=O)[nH]c2c1. The Hall–Kier alpha value is -3.81. The summed E-state index contributed by atoms with van der Waals surface area (Å²) in [6.07, 6.45) is 1.64. The van der Waals surface area contributed by atoms with Crippen LogP contribution in [0.2, 0.25) is 0 Å². The molecular formula is C18H14N4O4. The first kappa shape index (κ1) is 15.7. The van der Waals surface area contributed by atoms with Crippen molar-refractivity contribution in [1.29, 1.82) is 0 Å². The predicted octanol–water partition coefficient (Wildman–Crippen LogP) is 2.57. The summed E-state index contributed by atoms with van der Waals surface area (Å²) in [5.41, 5.74) is 2.36. The van der Waals surface area contributed by atoms with Crippen LogP contribution >= 0.6 is 0 Å². The highest BCUT2D eigenvalue weighted by Crippen LogP contribution is 2.22. The number of H-pyrrole nitrogens is 1. The second kappa shape index (κ2) is 6.25. The molecule has 4 rings (SSSR count). The zero-order valence-corrected chi connectivity index (χ0v) is 13.7. The van der Waals surface area contributed by atoms with Gasteiger partial charge in [0.2, 0.25) is 0 Å². The number of aromatic amines is 1. The van der Waals surface area contributed by atoms with Crippen molar-refractivity contribution in [2.75, 3.05) is 12.4 Å². The van der Waals surface area contributed by atoms with Crippen molar-refractivity contribution < 1.29 is 13.9 Å². The van der Waals surface area contributed by atoms with Gasteiger partial charge >= 0.3 is 5.76 Å². The number of anilines is 1. The molecule has 26 heavy (non-hydrogen) atoms. The molecule has 2 heterocycles. The van der Waals surface area contributed by atoms with Crippen LogP contribution in [0.15, 0.2) is 63.9 Å². The van der Waals surface area contributed by atoms with Crippen molar-refractivity contribution in [2.24, 2.45) is 0 Å². The number of carbonyl (C=O) groups is 1. The van der Waals surface area contributed by atoms with Gasteiger partial charge in [0.15, 0.2) is 17.0 Å². The molecule has 0 aliphatic rings. The van der Waals surface area contributed by atoms with E-state index in [2.05, 4.69) is 15.4 Å². The summed E-state index contributed by atoms with van der Waals surface area (Å²) in [5.74, 6) is -0.627. The quantitative estimate of drug-likeness (QED) is 0.589. The lowest BCUT2D eigenvalue weighted by molar-refractivity contribution is 0.101. The number of nitrogens with zero attached hydrogens (tertiary/aromatic N) is 2. The zero-order valence-electron chi connectivity index (χ0n) is 13.7. The van der Waals surface area contributed by atoms with Crippen molar-refractivity contribution in [2.45, 2.75) is 0 Å². The highest BCUT2D eigenvalue weighted by molar-refractivity contribution is 6.05. The first-order valence-corrected chi connectivity index (χ1v) is 7.77. The van der Waals surface area contributed by atoms with E-state index in [9.17, 15) is 9.59 Å². The average Bonchev–Trinajstić information content (AvgIpc) is 3.24. The standard InChI is InChI=1S/C18H14N4O4/c1-25-15-10-22(12-5-3-2-4-6-12)21-16(15)17(23)19-11-7-8-14-13(9-11)20-18(24)26-14/h2-10H,1H3,(H,19,23)(H,20,24). The van der Waals surface area contributed by atoms with Crippen molar-refractivity contribution >= 4 is 22.7 Å². The Morgan fingerprint density at radius 2 is 2.04 bits per heavy atom. The second-order valence-electron chi connectivity index (χ2n) is 5.51. The minimum Gasteiger partial charge on any atom is -0.493 e. The van der Waals surface area contributed by atoms with E-state index in [1.807, 2.05) is 30.3 Å². The number of methoxy groups -OCH3 is 1. The summed E-state index contributed by atoms with van der Waals surface area (Å²) >= 11 is 0. The van der Waals surface area contributed by atoms with Crippen LogP contribution in [-0.4, -0.2) is 27.8 Å². The van der Waals surface area contributed by atoms with E-state index in [0.717, 1.165) is 5.69 Å². The number of amides is 1. The van der Waals surface area contributed by atoms with Gasteiger partial charge in [0.25, 0.3) is 5.91 Å². The lowest BCUT2D eigenvalue weighted by Gasteiger charge is -2.04. The predicted molar refractivity (Wildman–Crippen MR) is 94.9 cm³/mol. The number of rotatable bonds is 4. The van der Waals surface area contributed by atoms with E-state index in [1.165, 1.54) is 7.11 Å². The van der Waals surface area contributed by atoms with Gasteiger partial charge in [0.05, 0.1) is 24.5 Å². The number of para-hydroxylation sites is 1. The summed E-state index contributed by atoms with van der Waals surface area (Å²) < 4.78 is 11.8. The molecule has 0 spiro atoms. The van der Waals surface area contributed by atoms with Gasteiger partial charge in [0, 0.05) is 5.69 Å². The van der Waals surface area contributed by atoms with Crippen LogP contribution in [0.5, 0.6) is 5.75 Å². The molecule has 1 amide bonds. The largest absolute Gasteiger partial charge is 0.493 e. The van der Waals surface area contributed by atoms with Gasteiger partial charge in [-0.15, -0.1) is 0 Å². The molecule has 0 radical (unpaired) electrons. The van der Waals surface area contributed by atoms with Crippen molar-refractivity contribution in [3.05, 3.63) is 71.0 Å². The molecule has 8 nitrogen and oxygen atoms in total. The van der Waals surface area contributed by atoms with Gasteiger partial charge in [-0.05, 0) is 30.3 Å². The number of benzene rings is 2. The molecule has 0 atom stereocenters. The lowest BCUT2D eigenvalue weighted by Crippen LogP contribution is -2.14. The number of hydrogen-bond acceptors (Lipinski definition) is 5. The minimum absolute atomic E-state index is 0.150. The third kappa shape index (κ3) is 2.84. The van der Waals surface area contributed by atoms with Gasteiger partial charge in [-0.25, -0.2) is 9.48 Å². The van der Waals surface area contributed by atoms with Crippen LogP contribution in [0.1, 0.15) is 10.5 Å². The van der Waals surface area contributed by atoms with E-state index in [-0.39, 0.29) is 5.69 Å². The Balaban J connectivity index is 1.64. The maximum atomic E-state index is 12.6. The Kier molecular flexibility index (Phi) is 3.77. The fraction of sp³-hybridized carbons (Fsp3) is 0.0556. The normalized spacial score (nSPS) is 10.8. The fourth-order valence-corrected chi connectivity index (χ4v) is 2.60. The summed E-state index contributed by atoms with van der Waals surface area (Å²) in [5, 5.41) is 7.06. The lowest BCUT2D eigenvalue weighted by atomic mass is 10.2. The topological polar surface area (TPSA) is 102 Å². The number of carbonyl (C=O) groups excluding carboxylic acids is 1. The van der Waals surface area contributed by atoms with Gasteiger partial charge in [-0.3, -0.25) is 9.78 Å². The third-order valence-corrected chi connectivity index (χ3v) is 3.81. The van der Waals surface area contributed by atoms with E-state index >= 15 is 0 Å². The molecule has 2 N–H and O–H groups in total. The van der Waals surface area contributed by atoms with Gasteiger partial charge in [0.1, 0.15) is 0 Å². The average molecular weight is 350 g/mol. The summed E-state index contributed by atoms with van der Waals surface area (Å²) in [4.78, 5) is 26.4. The number of fused-ring (bicyclic) bond motifs is 1. The molecule has 0 saturated heterocycles. The van der Waals surface area contributed by atoms with E-state index < -0.39 is 11.7 Å². The van der Waals surface area contributed by atoms with Crippen LogP contribution < -0.4 is 15.8 Å². The highest BCUT2D eigenvalue weighted by atomic mass is 16.5. The van der Waals surface area contributed by atoms with Crippen LogP contribution in [0, 0.1) is 0 Å². The van der Waals surface area contributed by atoms with Crippen LogP contribution in [0.25, 0.3) is 16.8 Å². The first-order chi connectivity index (χ1) is 12.6. The molecule has 0 aliphatic carbocycles. The molecule has 130 valence electrons. The molecule has 4 aromatic rings. The summed E-state index contributed by atoms with van der Waals surface area (Å²) in [7, 11) is 1.48. The maximum absolute atomic E-state index is 12.6. The maximum Gasteiger partial charge on any atom is 0.417 e. The Bertz CT molecular complexity index is 1140. The molecular weight excluding hydrogens is 336 g/mol. The zero-order chi connectivity index (χ0) is 18.1. The Morgan fingerprint density at radius 3 is 2.81 bits per heavy atom. The van der Waals surface area contributed by atoms with Crippen molar-refractivity contribution in [3.63, 3.8) is 0 Å². The van der Waals surface area contributed by atoms with Crippen molar-refractivity contribution in [1.82, 2.24) is 14.8 Å². The van der Waals surface area contributed by atoms with Crippen LogP contribution in [0.3, 0.4) is 0 Å². The number of nitrogens with one attached hydrogen (secondary N) is 2. The molecule has 0 bridgehead atoms. The van der Waals surface area contributed by atoms with Gasteiger partial charge in [-0.2, -0.15) is 5.10 Å². The molecule has 2 aromatic carbocycles. The monoisotopic (exact) mass is 350 g/mol. The molecule has 0 saturated carbocycles. The number of aromatic nitrogens is 3. The number of ether oxygens (including phenoxy) is 1. The number of oxazole rings is 1. The van der Waals surface area contributed by atoms with E-state index in [0.29, 0.717) is 22.5 Å². The molecule has 8 heteroatoms. The molecule has 2 aromatic heterocycles. The van der Waals surface area contributed by atoms with Crippen molar-refractivity contribution in [3.8, 4) is 11.4 Å². The Morgan fingerprint density at radius 1 is 1.23 bits per heavy atom. The Labute approximate surface area is 147 Å². The van der Waals surface area contributed by atoms with Gasteiger partial charge in [-0.1, -0.05) is 18.2 Å². The summed E-state index contributed by atoms with van der Waals surface area (Å²) in [6, 6.07) is 14.2. The third-order valence-electron chi connectivity index (χ3n) is 3.81. The number of hydrogen-bond donors (Lipinski definition) is 2. The van der Waals surface area contributed by atoms with E-state index in [1.54, 1.807) is 29.1 Å². The molecule has 0 aliphatic heterocycles. The van der Waals surface area contributed by atoms with Crippen LogP contribution in [-0.2, 0) is 0 Å². The van der Waals surface area contributed by atoms with Gasteiger partial charge < -0.3 is 14.5 Å². The van der Waals surface area contributed by atoms with Crippen LogP contribution in [0.4, 0.5) is 5.69 Å². The smallest absolute Gasteiger partial charge is 0.417 e. The first-order valence-electron chi connectivity index (χ1n) is 7.77. The second-order valence-corrected chi connectivity index (χ2v) is 5.51. The summed E-state index contributed by atoms with van der Waals surface area (Å²) in [6.45, 7) is 0. The fourth-order valence-electron chi connectivity index (χ4n) is 2.60.